The number of hydrogen-bond donors (Lipinski definition) is 6. The largest absolute Gasteiger partial charge is 0.396 e. The molecule has 0 radical (unpaired) electrons. The summed E-state index contributed by atoms with van der Waals surface area (Å²) in [5.74, 6) is -1.81. The molecular weight excluding hydrogens is 488 g/mol. The van der Waals surface area contributed by atoms with Crippen molar-refractivity contribution in [3.63, 3.8) is 0 Å². The van der Waals surface area contributed by atoms with Gasteiger partial charge in [-0.25, -0.2) is 0 Å². The fraction of sp³-hybridized carbons (Fsp3) is 0.920. The molecule has 2 fully saturated rings. The second-order valence-corrected chi connectivity index (χ2v) is 10.4. The molecule has 2 rings (SSSR count). The van der Waals surface area contributed by atoms with Crippen LogP contribution in [0.2, 0.25) is 0 Å². The molecule has 218 valence electrons. The minimum Gasteiger partial charge on any atom is -0.396 e. The molecule has 0 aromatic rings. The Bertz CT molecular complexity index is 720. The van der Waals surface area contributed by atoms with Crippen LogP contribution in [0.3, 0.4) is 0 Å². The van der Waals surface area contributed by atoms with Crippen LogP contribution < -0.4 is 10.6 Å². The van der Waals surface area contributed by atoms with Gasteiger partial charge in [-0.15, -0.1) is 0 Å². The number of aliphatic hydroxyl groups is 4. The molecule has 5 unspecified atom stereocenters. The molecular formula is C25H48N2O10. The Kier molecular flexibility index (Phi) is 13.4. The average molecular weight is 537 g/mol. The van der Waals surface area contributed by atoms with E-state index in [2.05, 4.69) is 17.6 Å². The van der Waals surface area contributed by atoms with Crippen molar-refractivity contribution in [3.8, 4) is 0 Å². The van der Waals surface area contributed by atoms with Gasteiger partial charge in [-0.1, -0.05) is 13.8 Å². The zero-order valence-electron chi connectivity index (χ0n) is 23.4. The third-order valence-corrected chi connectivity index (χ3v) is 6.17. The lowest BCUT2D eigenvalue weighted by atomic mass is 9.97. The van der Waals surface area contributed by atoms with Crippen molar-refractivity contribution < 1.29 is 49.0 Å². The number of amides is 2. The first kappa shape index (κ1) is 33.6. The molecule has 0 saturated carbocycles. The van der Waals surface area contributed by atoms with E-state index in [4.69, 9.17) is 24.1 Å². The summed E-state index contributed by atoms with van der Waals surface area (Å²) in [5.41, 5.74) is 0. The van der Waals surface area contributed by atoms with Gasteiger partial charge >= 0.3 is 0 Å². The van der Waals surface area contributed by atoms with Crippen molar-refractivity contribution in [2.75, 3.05) is 13.2 Å². The lowest BCUT2D eigenvalue weighted by Gasteiger charge is -2.43. The third kappa shape index (κ3) is 10.7. The number of aliphatic hydroxyl groups excluding tert-OH is 4. The molecule has 6 N–H and O–H groups in total. The number of ether oxygens (including phenoxy) is 4. The Labute approximate surface area is 220 Å². The molecule has 0 aromatic heterocycles. The van der Waals surface area contributed by atoms with Crippen LogP contribution in [0.4, 0.5) is 0 Å². The van der Waals surface area contributed by atoms with Gasteiger partial charge < -0.3 is 50.0 Å². The SMILES string of the molecule is CCC(O)C(O)C(O)C(CCO)NC(C)=O.CC[C@H]1OC(C)(C)O[C@H]1C1OC(C)(C)OC[C@H]1NC(C)=O. The predicted octanol–water partition coefficient (Wildman–Crippen LogP) is -0.0611. The van der Waals surface area contributed by atoms with Gasteiger partial charge in [-0.05, 0) is 47.0 Å². The molecule has 2 saturated heterocycles. The average Bonchev–Trinajstić information content (AvgIpc) is 3.12. The smallest absolute Gasteiger partial charge is 0.217 e. The molecule has 2 amide bonds. The maximum atomic E-state index is 11.4. The molecule has 0 spiro atoms. The van der Waals surface area contributed by atoms with E-state index < -0.39 is 35.9 Å². The molecule has 8 atom stereocenters. The minimum absolute atomic E-state index is 0.0600. The lowest BCUT2D eigenvalue weighted by molar-refractivity contribution is -0.301. The Hall–Kier alpha value is -1.38. The maximum Gasteiger partial charge on any atom is 0.217 e. The Balaban J connectivity index is 0.000000387. The van der Waals surface area contributed by atoms with Crippen molar-refractivity contribution >= 4 is 11.8 Å². The summed E-state index contributed by atoms with van der Waals surface area (Å²) in [5, 5.41) is 42.7. The number of nitrogens with one attached hydrogen (secondary N) is 2. The van der Waals surface area contributed by atoms with E-state index in [1.807, 2.05) is 27.7 Å². The second-order valence-electron chi connectivity index (χ2n) is 10.4. The van der Waals surface area contributed by atoms with E-state index in [0.717, 1.165) is 6.42 Å². The fourth-order valence-electron chi connectivity index (χ4n) is 4.40. The third-order valence-electron chi connectivity index (χ3n) is 6.17. The molecule has 12 heteroatoms. The molecule has 2 aliphatic rings. The van der Waals surface area contributed by atoms with Crippen molar-refractivity contribution in [2.45, 2.75) is 135 Å². The van der Waals surface area contributed by atoms with E-state index in [9.17, 15) is 24.9 Å². The van der Waals surface area contributed by atoms with Crippen LogP contribution in [0.1, 0.15) is 74.7 Å². The van der Waals surface area contributed by atoms with E-state index in [1.165, 1.54) is 13.8 Å². The topological polar surface area (TPSA) is 176 Å². The van der Waals surface area contributed by atoms with Crippen LogP contribution in [-0.2, 0) is 28.5 Å². The minimum atomic E-state index is -1.34. The van der Waals surface area contributed by atoms with Gasteiger partial charge in [0.2, 0.25) is 11.8 Å². The molecule has 0 bridgehead atoms. The normalized spacial score (nSPS) is 29.7. The Morgan fingerprint density at radius 1 is 0.919 bits per heavy atom. The maximum absolute atomic E-state index is 11.4. The van der Waals surface area contributed by atoms with Crippen LogP contribution in [0, 0.1) is 0 Å². The summed E-state index contributed by atoms with van der Waals surface area (Å²) in [6.07, 6.45) is -3.05. The number of rotatable bonds is 10. The first-order valence-corrected chi connectivity index (χ1v) is 12.9. The highest BCUT2D eigenvalue weighted by molar-refractivity contribution is 5.73. The molecule has 2 heterocycles. The highest BCUT2D eigenvalue weighted by Crippen LogP contribution is 2.36. The van der Waals surface area contributed by atoms with Gasteiger partial charge in [0.05, 0.1) is 30.9 Å². The van der Waals surface area contributed by atoms with E-state index in [1.54, 1.807) is 6.92 Å². The van der Waals surface area contributed by atoms with Gasteiger partial charge in [0.25, 0.3) is 0 Å². The van der Waals surface area contributed by atoms with Crippen LogP contribution in [-0.4, -0.2) is 106 Å². The summed E-state index contributed by atoms with van der Waals surface area (Å²) >= 11 is 0. The zero-order chi connectivity index (χ0) is 28.6. The van der Waals surface area contributed by atoms with Gasteiger partial charge in [-0.3, -0.25) is 9.59 Å². The molecule has 0 aliphatic carbocycles. The van der Waals surface area contributed by atoms with E-state index in [-0.39, 0.29) is 49.2 Å². The van der Waals surface area contributed by atoms with Crippen LogP contribution in [0.25, 0.3) is 0 Å². The summed E-state index contributed by atoms with van der Waals surface area (Å²) in [6, 6.07) is -1.01. The van der Waals surface area contributed by atoms with Crippen molar-refractivity contribution in [2.24, 2.45) is 0 Å². The quantitative estimate of drug-likeness (QED) is 0.222. The highest BCUT2D eigenvalue weighted by Gasteiger charge is 2.50. The van der Waals surface area contributed by atoms with Crippen LogP contribution >= 0.6 is 0 Å². The number of carbonyl (C=O) groups excluding carboxylic acids is 2. The standard InChI is InChI=1S/C15H27NO5.C10H21NO5/c1-7-11-13(21-15(5,6)19-11)12-10(16-9(2)17)8-18-14(3,4)20-12;1-3-8(14)10(16)9(15)7(4-5-12)11-6(2)13/h10-13H,7-8H2,1-6H3,(H,16,17);7-10,12,14-16H,3-5H2,1-2H3,(H,11,13)/t10-,11-,12?,13-;/m1./s1. The number of carbonyl (C=O) groups is 2. The molecule has 0 aromatic carbocycles. The van der Waals surface area contributed by atoms with Crippen LogP contribution in [0.15, 0.2) is 0 Å². The second kappa shape index (κ2) is 14.7. The first-order valence-electron chi connectivity index (χ1n) is 12.9. The van der Waals surface area contributed by atoms with Gasteiger partial charge in [0, 0.05) is 20.5 Å². The Morgan fingerprint density at radius 2 is 1.51 bits per heavy atom. The number of hydrogen-bond acceptors (Lipinski definition) is 10. The zero-order valence-corrected chi connectivity index (χ0v) is 23.4. The molecule has 2 aliphatic heterocycles. The lowest BCUT2D eigenvalue weighted by Crippen LogP contribution is -2.61. The van der Waals surface area contributed by atoms with Crippen molar-refractivity contribution in [1.29, 1.82) is 0 Å². The van der Waals surface area contributed by atoms with Gasteiger partial charge in [0.1, 0.15) is 24.4 Å². The van der Waals surface area contributed by atoms with Gasteiger partial charge in [-0.2, -0.15) is 0 Å². The summed E-state index contributed by atoms with van der Waals surface area (Å²) in [4.78, 5) is 22.3. The van der Waals surface area contributed by atoms with Gasteiger partial charge in [0.15, 0.2) is 11.6 Å². The van der Waals surface area contributed by atoms with Crippen molar-refractivity contribution in [3.05, 3.63) is 0 Å². The molecule has 12 nitrogen and oxygen atoms in total. The monoisotopic (exact) mass is 536 g/mol. The predicted molar refractivity (Wildman–Crippen MR) is 134 cm³/mol. The summed E-state index contributed by atoms with van der Waals surface area (Å²) in [6.45, 7) is 14.2. The summed E-state index contributed by atoms with van der Waals surface area (Å²) < 4.78 is 23.7. The fourth-order valence-corrected chi connectivity index (χ4v) is 4.40. The van der Waals surface area contributed by atoms with E-state index >= 15 is 0 Å². The highest BCUT2D eigenvalue weighted by atomic mass is 16.8. The summed E-state index contributed by atoms with van der Waals surface area (Å²) in [7, 11) is 0. The van der Waals surface area contributed by atoms with Crippen LogP contribution in [0.5, 0.6) is 0 Å². The van der Waals surface area contributed by atoms with E-state index in [0.29, 0.717) is 13.0 Å². The molecule has 37 heavy (non-hydrogen) atoms. The van der Waals surface area contributed by atoms with Crippen molar-refractivity contribution in [1.82, 2.24) is 10.6 Å². The first-order chi connectivity index (χ1) is 17.1. The Morgan fingerprint density at radius 3 is 2.00 bits per heavy atom.